The molecule has 6 heteroatoms. The van der Waals surface area contributed by atoms with Crippen molar-refractivity contribution >= 4 is 28.2 Å². The van der Waals surface area contributed by atoms with Crippen LogP contribution in [0.3, 0.4) is 0 Å². The summed E-state index contributed by atoms with van der Waals surface area (Å²) in [5, 5.41) is 16.0. The zero-order valence-corrected chi connectivity index (χ0v) is 19.2. The number of fused-ring (bicyclic) bond motifs is 1. The topological polar surface area (TPSA) is 71.5 Å². The van der Waals surface area contributed by atoms with Gasteiger partial charge in [-0.25, -0.2) is 0 Å². The largest absolute Gasteiger partial charge is 0.438 e. The Kier molecular flexibility index (Phi) is 6.47. The molecule has 1 fully saturated rings. The monoisotopic (exact) mass is 455 g/mol. The third kappa shape index (κ3) is 4.91. The fourth-order valence-corrected chi connectivity index (χ4v) is 4.85. The summed E-state index contributed by atoms with van der Waals surface area (Å²) in [4.78, 5) is 13.5. The molecule has 3 aromatic carbocycles. The van der Waals surface area contributed by atoms with Crippen LogP contribution in [0.2, 0.25) is 0 Å². The van der Waals surface area contributed by atoms with Crippen LogP contribution >= 0.6 is 0 Å². The van der Waals surface area contributed by atoms with E-state index in [9.17, 15) is 10.1 Å². The van der Waals surface area contributed by atoms with Crippen molar-refractivity contribution in [3.05, 3.63) is 100 Å². The van der Waals surface area contributed by atoms with Gasteiger partial charge in [0.1, 0.15) is 11.3 Å². The number of non-ortho nitro benzene ring substituents is 1. The van der Waals surface area contributed by atoms with Gasteiger partial charge in [0, 0.05) is 31.3 Å². The highest BCUT2D eigenvalue weighted by Gasteiger charge is 2.25. The van der Waals surface area contributed by atoms with Crippen molar-refractivity contribution < 1.29 is 9.34 Å². The summed E-state index contributed by atoms with van der Waals surface area (Å²) < 4.78 is 6.32. The van der Waals surface area contributed by atoms with Crippen LogP contribution in [0, 0.1) is 10.1 Å². The van der Waals surface area contributed by atoms with Crippen LogP contribution in [0.1, 0.15) is 43.2 Å². The van der Waals surface area contributed by atoms with Gasteiger partial charge in [-0.2, -0.15) is 0 Å². The lowest BCUT2D eigenvalue weighted by molar-refractivity contribution is -0.384. The van der Waals surface area contributed by atoms with E-state index >= 15 is 0 Å². The maximum atomic E-state index is 11.6. The third-order valence-corrected chi connectivity index (χ3v) is 6.55. The van der Waals surface area contributed by atoms with E-state index in [2.05, 4.69) is 34.5 Å². The molecule has 0 radical (unpaired) electrons. The van der Waals surface area contributed by atoms with Crippen molar-refractivity contribution in [2.24, 2.45) is 0 Å². The fraction of sp³-hybridized carbons (Fsp3) is 0.286. The number of nitrogens with one attached hydrogen (secondary N) is 1. The van der Waals surface area contributed by atoms with Crippen LogP contribution in [0.15, 0.2) is 83.3 Å². The van der Waals surface area contributed by atoms with E-state index in [1.165, 1.54) is 36.5 Å². The number of nitrogens with zero attached hydrogens (tertiary/aromatic N) is 2. The summed E-state index contributed by atoms with van der Waals surface area (Å²) in [5.41, 5.74) is 3.95. The minimum Gasteiger partial charge on any atom is -0.438 e. The Labute approximate surface area is 199 Å². The summed E-state index contributed by atoms with van der Waals surface area (Å²) in [5.74, 6) is 0.703. The van der Waals surface area contributed by atoms with Crippen molar-refractivity contribution in [1.82, 2.24) is 0 Å². The van der Waals surface area contributed by atoms with Gasteiger partial charge in [0.05, 0.1) is 10.3 Å². The molecule has 6 nitrogen and oxygen atoms in total. The number of benzene rings is 3. The van der Waals surface area contributed by atoms with Crippen molar-refractivity contribution in [2.75, 3.05) is 10.2 Å². The Morgan fingerprint density at radius 1 is 0.882 bits per heavy atom. The summed E-state index contributed by atoms with van der Waals surface area (Å²) in [7, 11) is 0. The number of hydrogen-bond acceptors (Lipinski definition) is 5. The summed E-state index contributed by atoms with van der Waals surface area (Å²) in [6, 6.07) is 25.8. The molecular weight excluding hydrogens is 426 g/mol. The quantitative estimate of drug-likeness (QED) is 0.223. The van der Waals surface area contributed by atoms with Gasteiger partial charge in [-0.05, 0) is 30.0 Å². The first-order valence-corrected chi connectivity index (χ1v) is 12.0. The van der Waals surface area contributed by atoms with E-state index in [-0.39, 0.29) is 10.6 Å². The Balaban J connectivity index is 1.62. The molecule has 5 rings (SSSR count). The molecule has 4 aromatic rings. The summed E-state index contributed by atoms with van der Waals surface area (Å²) in [6.45, 7) is 1.32. The molecule has 1 N–H and O–H groups in total. The molecule has 1 aliphatic carbocycles. The SMILES string of the molecule is O=[N+]([O-])c1ccc2oc(NC3CCCCC3)c(N(Cc3ccccc3)Cc3ccccc3)c2c1. The van der Waals surface area contributed by atoms with Crippen LogP contribution in [-0.2, 0) is 13.1 Å². The first-order chi connectivity index (χ1) is 16.7. The minimum absolute atomic E-state index is 0.0677. The van der Waals surface area contributed by atoms with Crippen LogP contribution in [0.5, 0.6) is 0 Å². The van der Waals surface area contributed by atoms with E-state index in [1.54, 1.807) is 12.1 Å². The zero-order valence-electron chi connectivity index (χ0n) is 19.2. The van der Waals surface area contributed by atoms with Crippen molar-refractivity contribution in [3.8, 4) is 0 Å². The molecule has 0 amide bonds. The highest BCUT2D eigenvalue weighted by atomic mass is 16.6. The maximum Gasteiger partial charge on any atom is 0.270 e. The molecule has 1 aliphatic rings. The molecule has 0 unspecified atom stereocenters. The highest BCUT2D eigenvalue weighted by molar-refractivity contribution is 5.99. The molecule has 0 bridgehead atoms. The molecule has 1 aromatic heterocycles. The zero-order chi connectivity index (χ0) is 23.3. The third-order valence-electron chi connectivity index (χ3n) is 6.55. The van der Waals surface area contributed by atoms with Crippen LogP contribution in [-0.4, -0.2) is 11.0 Å². The number of hydrogen-bond donors (Lipinski definition) is 1. The van der Waals surface area contributed by atoms with Gasteiger partial charge < -0.3 is 14.6 Å². The van der Waals surface area contributed by atoms with E-state index in [0.717, 1.165) is 23.9 Å². The number of anilines is 2. The molecule has 1 saturated carbocycles. The molecule has 0 atom stereocenters. The fourth-order valence-electron chi connectivity index (χ4n) is 4.85. The lowest BCUT2D eigenvalue weighted by Gasteiger charge is -2.28. The number of rotatable bonds is 8. The van der Waals surface area contributed by atoms with Crippen molar-refractivity contribution in [3.63, 3.8) is 0 Å². The van der Waals surface area contributed by atoms with Gasteiger partial charge in [0.15, 0.2) is 0 Å². The van der Waals surface area contributed by atoms with E-state index in [4.69, 9.17) is 4.42 Å². The molecule has 34 heavy (non-hydrogen) atoms. The second-order valence-electron chi connectivity index (χ2n) is 9.02. The molecule has 0 saturated heterocycles. The van der Waals surface area contributed by atoms with Crippen molar-refractivity contribution in [2.45, 2.75) is 51.2 Å². The summed E-state index contributed by atoms with van der Waals surface area (Å²) in [6.07, 6.45) is 5.89. The lowest BCUT2D eigenvalue weighted by atomic mass is 9.95. The Hall–Kier alpha value is -3.80. The van der Waals surface area contributed by atoms with E-state index in [1.807, 2.05) is 36.4 Å². The Morgan fingerprint density at radius 3 is 2.09 bits per heavy atom. The number of nitro groups is 1. The molecule has 0 aliphatic heterocycles. The molecule has 0 spiro atoms. The van der Waals surface area contributed by atoms with Crippen LogP contribution in [0.4, 0.5) is 17.3 Å². The van der Waals surface area contributed by atoms with Crippen LogP contribution < -0.4 is 10.2 Å². The van der Waals surface area contributed by atoms with Gasteiger partial charge in [0.2, 0.25) is 5.88 Å². The first kappa shape index (κ1) is 22.0. The second kappa shape index (κ2) is 10.00. The smallest absolute Gasteiger partial charge is 0.270 e. The maximum absolute atomic E-state index is 11.6. The molecule has 174 valence electrons. The molecular formula is C28H29N3O3. The standard InChI is InChI=1S/C28H29N3O3/c32-31(33)24-16-17-26-25(18-24)27(28(34-26)29-23-14-8-3-9-15-23)30(19-21-10-4-1-5-11-21)20-22-12-6-2-7-13-22/h1-2,4-7,10-13,16-18,23,29H,3,8-9,14-15,19-20H2. The minimum atomic E-state index is -0.344. The molecule has 1 heterocycles. The lowest BCUT2D eigenvalue weighted by Crippen LogP contribution is -2.26. The van der Waals surface area contributed by atoms with Gasteiger partial charge in [-0.3, -0.25) is 10.1 Å². The van der Waals surface area contributed by atoms with Gasteiger partial charge >= 0.3 is 0 Å². The van der Waals surface area contributed by atoms with E-state index in [0.29, 0.717) is 30.6 Å². The number of nitro benzene ring substituents is 1. The van der Waals surface area contributed by atoms with Gasteiger partial charge in [0.25, 0.3) is 5.69 Å². The summed E-state index contributed by atoms with van der Waals surface area (Å²) >= 11 is 0. The Morgan fingerprint density at radius 2 is 1.50 bits per heavy atom. The normalized spacial score (nSPS) is 14.2. The van der Waals surface area contributed by atoms with E-state index < -0.39 is 0 Å². The van der Waals surface area contributed by atoms with Crippen molar-refractivity contribution in [1.29, 1.82) is 0 Å². The number of furan rings is 1. The van der Waals surface area contributed by atoms with Gasteiger partial charge in [-0.15, -0.1) is 0 Å². The average Bonchev–Trinajstić information content (AvgIpc) is 3.22. The Bertz CT molecular complexity index is 1210. The second-order valence-corrected chi connectivity index (χ2v) is 9.02. The van der Waals surface area contributed by atoms with Crippen LogP contribution in [0.25, 0.3) is 11.0 Å². The predicted molar refractivity (Wildman–Crippen MR) is 136 cm³/mol. The first-order valence-electron chi connectivity index (χ1n) is 12.0. The average molecular weight is 456 g/mol. The predicted octanol–water partition coefficient (Wildman–Crippen LogP) is 7.29. The van der Waals surface area contributed by atoms with Gasteiger partial charge in [-0.1, -0.05) is 79.9 Å². The highest BCUT2D eigenvalue weighted by Crippen LogP contribution is 2.42.